The zero-order chi connectivity index (χ0) is 9.90. The van der Waals surface area contributed by atoms with Gasteiger partial charge in [-0.2, -0.15) is 0 Å². The van der Waals surface area contributed by atoms with Crippen LogP contribution in [-0.2, 0) is 9.84 Å². The monoisotopic (exact) mass is 201 g/mol. The molecule has 0 atom stereocenters. The molecule has 0 spiro atoms. The molecule has 13 heavy (non-hydrogen) atoms. The first-order valence-corrected chi connectivity index (χ1v) is 5.43. The molecule has 0 saturated carbocycles. The molecule has 4 nitrogen and oxygen atoms in total. The van der Waals surface area contributed by atoms with E-state index in [1.54, 1.807) is 0 Å². The fourth-order valence-corrected chi connectivity index (χ4v) is 2.02. The fourth-order valence-electron chi connectivity index (χ4n) is 0.926. The van der Waals surface area contributed by atoms with E-state index in [2.05, 4.69) is 0 Å². The Labute approximate surface area is 76.9 Å². The van der Waals surface area contributed by atoms with Crippen LogP contribution in [0.25, 0.3) is 0 Å². The summed E-state index contributed by atoms with van der Waals surface area (Å²) in [7, 11) is -3.26. The molecule has 0 aromatic heterocycles. The number of phenolic OH excluding ortho intramolecular Hbond substituents is 1. The number of phenols is 1. The second kappa shape index (κ2) is 3.76. The number of rotatable bonds is 3. The smallest absolute Gasteiger partial charge is 0.179 e. The van der Waals surface area contributed by atoms with Crippen molar-refractivity contribution in [2.75, 3.05) is 12.3 Å². The van der Waals surface area contributed by atoms with Crippen LogP contribution in [0.5, 0.6) is 5.75 Å². The topological polar surface area (TPSA) is 80.4 Å². The summed E-state index contributed by atoms with van der Waals surface area (Å²) in [4.78, 5) is 0.191. The molecule has 1 aromatic rings. The summed E-state index contributed by atoms with van der Waals surface area (Å²) in [6.45, 7) is 0.100. The first-order valence-electron chi connectivity index (χ1n) is 3.78. The number of benzene rings is 1. The van der Waals surface area contributed by atoms with E-state index in [4.69, 9.17) is 10.8 Å². The normalized spacial score (nSPS) is 11.5. The van der Waals surface area contributed by atoms with Gasteiger partial charge in [0.1, 0.15) is 5.75 Å². The Morgan fingerprint density at radius 3 is 2.23 bits per heavy atom. The maximum absolute atomic E-state index is 11.4. The lowest BCUT2D eigenvalue weighted by molar-refractivity contribution is 0.475. The predicted molar refractivity (Wildman–Crippen MR) is 49.2 cm³/mol. The van der Waals surface area contributed by atoms with Crippen molar-refractivity contribution >= 4 is 9.84 Å². The lowest BCUT2D eigenvalue weighted by atomic mass is 10.3. The van der Waals surface area contributed by atoms with E-state index in [1.807, 2.05) is 0 Å². The molecule has 0 aliphatic heterocycles. The number of sulfone groups is 1. The van der Waals surface area contributed by atoms with Crippen LogP contribution in [-0.4, -0.2) is 25.8 Å². The van der Waals surface area contributed by atoms with Crippen molar-refractivity contribution in [1.82, 2.24) is 0 Å². The van der Waals surface area contributed by atoms with Gasteiger partial charge in [0.2, 0.25) is 0 Å². The highest BCUT2D eigenvalue weighted by molar-refractivity contribution is 7.91. The SMILES string of the molecule is NCCS(=O)(=O)c1ccc(O)cc1. The van der Waals surface area contributed by atoms with Crippen LogP contribution in [0.15, 0.2) is 29.2 Å². The summed E-state index contributed by atoms with van der Waals surface area (Å²) < 4.78 is 22.8. The largest absolute Gasteiger partial charge is 0.508 e. The molecule has 1 rings (SSSR count). The van der Waals surface area contributed by atoms with Crippen molar-refractivity contribution in [3.8, 4) is 5.75 Å². The standard InChI is InChI=1S/C8H11NO3S/c9-5-6-13(11,12)8-3-1-7(10)2-4-8/h1-4,10H,5-6,9H2. The van der Waals surface area contributed by atoms with Gasteiger partial charge in [-0.3, -0.25) is 0 Å². The second-order valence-corrected chi connectivity index (χ2v) is 4.71. The Morgan fingerprint density at radius 1 is 1.23 bits per heavy atom. The zero-order valence-corrected chi connectivity index (χ0v) is 7.79. The number of nitrogens with two attached hydrogens (primary N) is 1. The van der Waals surface area contributed by atoms with Gasteiger partial charge in [0.05, 0.1) is 10.6 Å². The number of aromatic hydroxyl groups is 1. The lowest BCUT2D eigenvalue weighted by Crippen LogP contribution is -2.15. The summed E-state index contributed by atoms with van der Waals surface area (Å²) in [6.07, 6.45) is 0. The van der Waals surface area contributed by atoms with E-state index >= 15 is 0 Å². The van der Waals surface area contributed by atoms with E-state index in [0.29, 0.717) is 0 Å². The minimum Gasteiger partial charge on any atom is -0.508 e. The highest BCUT2D eigenvalue weighted by Gasteiger charge is 2.12. The Balaban J connectivity index is 3.02. The third-order valence-electron chi connectivity index (χ3n) is 1.58. The Kier molecular flexibility index (Phi) is 2.90. The minimum absolute atomic E-state index is 0.0479. The molecular formula is C8H11NO3S. The summed E-state index contributed by atoms with van der Waals surface area (Å²) in [5.41, 5.74) is 5.15. The molecule has 1 aromatic carbocycles. The van der Waals surface area contributed by atoms with Crippen LogP contribution < -0.4 is 5.73 Å². The maximum Gasteiger partial charge on any atom is 0.179 e. The van der Waals surface area contributed by atoms with E-state index in [1.165, 1.54) is 24.3 Å². The van der Waals surface area contributed by atoms with Crippen LogP contribution in [0.1, 0.15) is 0 Å². The molecule has 0 saturated heterocycles. The van der Waals surface area contributed by atoms with Gasteiger partial charge < -0.3 is 10.8 Å². The molecule has 3 N–H and O–H groups in total. The van der Waals surface area contributed by atoms with Gasteiger partial charge in [0.25, 0.3) is 0 Å². The van der Waals surface area contributed by atoms with Gasteiger partial charge in [-0.05, 0) is 24.3 Å². The highest BCUT2D eigenvalue weighted by atomic mass is 32.2. The van der Waals surface area contributed by atoms with Gasteiger partial charge >= 0.3 is 0 Å². The Hall–Kier alpha value is -1.07. The van der Waals surface area contributed by atoms with Crippen LogP contribution in [0.3, 0.4) is 0 Å². The second-order valence-electron chi connectivity index (χ2n) is 2.60. The van der Waals surface area contributed by atoms with Crippen LogP contribution in [0, 0.1) is 0 Å². The fraction of sp³-hybridized carbons (Fsp3) is 0.250. The van der Waals surface area contributed by atoms with Crippen molar-refractivity contribution in [3.05, 3.63) is 24.3 Å². The van der Waals surface area contributed by atoms with Gasteiger partial charge in [-0.15, -0.1) is 0 Å². The molecule has 0 amide bonds. The van der Waals surface area contributed by atoms with Gasteiger partial charge in [-0.25, -0.2) is 8.42 Å². The first kappa shape index (κ1) is 10.0. The van der Waals surface area contributed by atoms with Crippen molar-refractivity contribution < 1.29 is 13.5 Å². The molecular weight excluding hydrogens is 190 g/mol. The van der Waals surface area contributed by atoms with Crippen LogP contribution >= 0.6 is 0 Å². The third kappa shape index (κ3) is 2.43. The van der Waals surface area contributed by atoms with Crippen molar-refractivity contribution in [1.29, 1.82) is 0 Å². The van der Waals surface area contributed by atoms with E-state index in [-0.39, 0.29) is 22.9 Å². The summed E-state index contributed by atoms with van der Waals surface area (Å²) in [6, 6.07) is 5.40. The number of hydrogen-bond acceptors (Lipinski definition) is 4. The molecule has 72 valence electrons. The molecule has 0 aliphatic rings. The molecule has 0 bridgehead atoms. The van der Waals surface area contributed by atoms with Gasteiger partial charge in [0, 0.05) is 6.54 Å². The summed E-state index contributed by atoms with van der Waals surface area (Å²) >= 11 is 0. The zero-order valence-electron chi connectivity index (χ0n) is 6.97. The summed E-state index contributed by atoms with van der Waals surface area (Å²) in [5.74, 6) is -0.0238. The molecule has 0 heterocycles. The van der Waals surface area contributed by atoms with Crippen molar-refractivity contribution in [3.63, 3.8) is 0 Å². The van der Waals surface area contributed by atoms with Gasteiger partial charge in [0.15, 0.2) is 9.84 Å². The summed E-state index contributed by atoms with van der Waals surface area (Å²) in [5, 5.41) is 8.93. The Morgan fingerprint density at radius 2 is 1.77 bits per heavy atom. The van der Waals surface area contributed by atoms with E-state index < -0.39 is 9.84 Å². The first-order chi connectivity index (χ1) is 6.06. The highest BCUT2D eigenvalue weighted by Crippen LogP contribution is 2.15. The lowest BCUT2D eigenvalue weighted by Gasteiger charge is -2.01. The number of hydrogen-bond donors (Lipinski definition) is 2. The third-order valence-corrected chi connectivity index (χ3v) is 3.35. The van der Waals surface area contributed by atoms with Crippen molar-refractivity contribution in [2.45, 2.75) is 4.90 Å². The molecule has 0 aliphatic carbocycles. The quantitative estimate of drug-likeness (QED) is 0.728. The van der Waals surface area contributed by atoms with Crippen LogP contribution in [0.4, 0.5) is 0 Å². The Bertz CT molecular complexity index is 369. The average molecular weight is 201 g/mol. The van der Waals surface area contributed by atoms with E-state index in [0.717, 1.165) is 0 Å². The van der Waals surface area contributed by atoms with Gasteiger partial charge in [-0.1, -0.05) is 0 Å². The predicted octanol–water partition coefficient (Wildman–Crippen LogP) is 0.125. The molecule has 0 fully saturated rings. The maximum atomic E-state index is 11.4. The molecule has 5 heteroatoms. The van der Waals surface area contributed by atoms with Crippen LogP contribution in [0.2, 0.25) is 0 Å². The van der Waals surface area contributed by atoms with Crippen molar-refractivity contribution in [2.24, 2.45) is 5.73 Å². The molecule has 0 unspecified atom stereocenters. The molecule has 0 radical (unpaired) electrons. The average Bonchev–Trinajstić information content (AvgIpc) is 2.05. The van der Waals surface area contributed by atoms with E-state index in [9.17, 15) is 8.42 Å². The minimum atomic E-state index is -3.26.